The summed E-state index contributed by atoms with van der Waals surface area (Å²) in [5.41, 5.74) is 1.83. The minimum absolute atomic E-state index is 0.0464. The van der Waals surface area contributed by atoms with Gasteiger partial charge in [0.1, 0.15) is 12.5 Å². The highest BCUT2D eigenvalue weighted by Crippen LogP contribution is 2.36. The van der Waals surface area contributed by atoms with Crippen LogP contribution >= 0.6 is 11.6 Å². The van der Waals surface area contributed by atoms with Crippen LogP contribution < -0.4 is 5.01 Å². The van der Waals surface area contributed by atoms with E-state index in [1.165, 1.54) is 12.8 Å². The van der Waals surface area contributed by atoms with Crippen molar-refractivity contribution in [2.75, 3.05) is 18.1 Å². The molecule has 23 heavy (non-hydrogen) atoms. The maximum Gasteiger partial charge on any atom is 0.132 e. The Morgan fingerprint density at radius 2 is 2.00 bits per heavy atom. The molecule has 2 aliphatic rings. The highest BCUT2D eigenvalue weighted by atomic mass is 35.5. The predicted molar refractivity (Wildman–Crippen MR) is 95.0 cm³/mol. The van der Waals surface area contributed by atoms with Gasteiger partial charge in [-0.1, -0.05) is 37.6 Å². The minimum Gasteiger partial charge on any atom is -0.303 e. The number of anilines is 1. The third-order valence-electron chi connectivity index (χ3n) is 4.99. The number of benzene rings is 1. The van der Waals surface area contributed by atoms with Crippen molar-refractivity contribution in [3.05, 3.63) is 29.3 Å². The summed E-state index contributed by atoms with van der Waals surface area (Å²) in [6.45, 7) is 6.36. The molecule has 2 heterocycles. The van der Waals surface area contributed by atoms with E-state index in [0.29, 0.717) is 5.02 Å². The molecule has 1 saturated heterocycles. The molecular weight excluding hydrogens is 310 g/mol. The number of carbonyl (C=O) groups excluding carboxylic acids is 1. The molecule has 0 amide bonds. The van der Waals surface area contributed by atoms with Crippen molar-refractivity contribution in [3.63, 3.8) is 0 Å². The van der Waals surface area contributed by atoms with Crippen molar-refractivity contribution < 1.29 is 4.79 Å². The lowest BCUT2D eigenvalue weighted by atomic mass is 9.94. The fourth-order valence-electron chi connectivity index (χ4n) is 3.55. The number of likely N-dealkylation sites (tertiary alicyclic amines) is 1. The van der Waals surface area contributed by atoms with Gasteiger partial charge in [-0.25, -0.2) is 5.01 Å². The second kappa shape index (κ2) is 7.02. The van der Waals surface area contributed by atoms with E-state index in [2.05, 4.69) is 18.7 Å². The molecule has 1 aromatic rings. The number of para-hydroxylation sites is 1. The standard InChI is InChI=1S/C18H24ClN3O/c1-3-16-14(12-23)18(21-10-8-13(2)9-11-21)22(20-16)17-7-5-4-6-15(17)19/h4-7,12-14,18H,3,8-11H2,1-2H3. The summed E-state index contributed by atoms with van der Waals surface area (Å²) in [4.78, 5) is 14.2. The van der Waals surface area contributed by atoms with E-state index in [-0.39, 0.29) is 12.1 Å². The quantitative estimate of drug-likeness (QED) is 0.786. The molecule has 0 aliphatic carbocycles. The first-order chi connectivity index (χ1) is 11.2. The summed E-state index contributed by atoms with van der Waals surface area (Å²) in [6, 6.07) is 7.74. The second-order valence-corrected chi connectivity index (χ2v) is 6.94. The number of hydrogen-bond donors (Lipinski definition) is 0. The van der Waals surface area contributed by atoms with Crippen LogP contribution in [0.25, 0.3) is 0 Å². The van der Waals surface area contributed by atoms with Gasteiger partial charge in [-0.3, -0.25) is 4.90 Å². The molecule has 3 rings (SSSR count). The Kier molecular flexibility index (Phi) is 5.02. The van der Waals surface area contributed by atoms with Crippen LogP contribution in [0, 0.1) is 11.8 Å². The van der Waals surface area contributed by atoms with Crippen molar-refractivity contribution in [1.82, 2.24) is 4.90 Å². The van der Waals surface area contributed by atoms with Gasteiger partial charge in [-0.15, -0.1) is 0 Å². The summed E-state index contributed by atoms with van der Waals surface area (Å²) >= 11 is 6.40. The Bertz CT molecular complexity index is 596. The van der Waals surface area contributed by atoms with Gasteiger partial charge in [0.2, 0.25) is 0 Å². The van der Waals surface area contributed by atoms with E-state index in [4.69, 9.17) is 16.7 Å². The van der Waals surface area contributed by atoms with Crippen LogP contribution in [0.5, 0.6) is 0 Å². The van der Waals surface area contributed by atoms with Crippen LogP contribution in [0.4, 0.5) is 5.69 Å². The fourth-order valence-corrected chi connectivity index (χ4v) is 3.77. The highest BCUT2D eigenvalue weighted by molar-refractivity contribution is 6.33. The molecule has 2 aliphatic heterocycles. The minimum atomic E-state index is -0.176. The number of halogens is 1. The Hall–Kier alpha value is -1.39. The lowest BCUT2D eigenvalue weighted by Crippen LogP contribution is -2.52. The molecular formula is C18H24ClN3O. The topological polar surface area (TPSA) is 35.9 Å². The highest BCUT2D eigenvalue weighted by Gasteiger charge is 2.42. The maximum atomic E-state index is 11.8. The van der Waals surface area contributed by atoms with Crippen LogP contribution in [-0.4, -0.2) is 36.2 Å². The first-order valence-corrected chi connectivity index (χ1v) is 8.84. The van der Waals surface area contributed by atoms with Crippen molar-refractivity contribution >= 4 is 29.3 Å². The Morgan fingerprint density at radius 3 is 2.61 bits per heavy atom. The largest absolute Gasteiger partial charge is 0.303 e. The van der Waals surface area contributed by atoms with Crippen molar-refractivity contribution in [1.29, 1.82) is 0 Å². The summed E-state index contributed by atoms with van der Waals surface area (Å²) < 4.78 is 0. The van der Waals surface area contributed by atoms with Crippen molar-refractivity contribution in [2.45, 2.75) is 39.3 Å². The first kappa shape index (κ1) is 16.5. The van der Waals surface area contributed by atoms with Gasteiger partial charge in [0.15, 0.2) is 0 Å². The molecule has 2 unspecified atom stereocenters. The van der Waals surface area contributed by atoms with Gasteiger partial charge < -0.3 is 4.79 Å². The van der Waals surface area contributed by atoms with Gasteiger partial charge in [0.05, 0.1) is 22.3 Å². The number of hydrazone groups is 1. The molecule has 4 nitrogen and oxygen atoms in total. The van der Waals surface area contributed by atoms with Crippen LogP contribution in [0.3, 0.4) is 0 Å². The van der Waals surface area contributed by atoms with Gasteiger partial charge in [-0.2, -0.15) is 5.10 Å². The molecule has 1 aromatic carbocycles. The molecule has 0 radical (unpaired) electrons. The summed E-state index contributed by atoms with van der Waals surface area (Å²) in [6.07, 6.45) is 4.13. The number of rotatable bonds is 4. The smallest absolute Gasteiger partial charge is 0.132 e. The van der Waals surface area contributed by atoms with Crippen molar-refractivity contribution in [2.24, 2.45) is 16.9 Å². The average molecular weight is 334 g/mol. The third kappa shape index (κ3) is 3.15. The molecule has 0 saturated carbocycles. The first-order valence-electron chi connectivity index (χ1n) is 8.46. The summed E-state index contributed by atoms with van der Waals surface area (Å²) in [5, 5.41) is 7.40. The third-order valence-corrected chi connectivity index (χ3v) is 5.31. The average Bonchev–Trinajstić information content (AvgIpc) is 2.94. The number of carbonyl (C=O) groups is 1. The van der Waals surface area contributed by atoms with E-state index in [0.717, 1.165) is 43.1 Å². The van der Waals surface area contributed by atoms with Crippen LogP contribution in [0.1, 0.15) is 33.1 Å². The molecule has 0 N–H and O–H groups in total. The monoisotopic (exact) mass is 333 g/mol. The maximum absolute atomic E-state index is 11.8. The number of hydrogen-bond acceptors (Lipinski definition) is 4. The lowest BCUT2D eigenvalue weighted by Gasteiger charge is -2.40. The molecule has 5 heteroatoms. The van der Waals surface area contributed by atoms with E-state index in [9.17, 15) is 4.79 Å². The molecule has 0 spiro atoms. The number of piperidine rings is 1. The second-order valence-electron chi connectivity index (χ2n) is 6.53. The fraction of sp³-hybridized carbons (Fsp3) is 0.556. The van der Waals surface area contributed by atoms with Crippen molar-refractivity contribution in [3.8, 4) is 0 Å². The van der Waals surface area contributed by atoms with E-state index in [1.807, 2.05) is 29.3 Å². The van der Waals surface area contributed by atoms with Gasteiger partial charge in [0.25, 0.3) is 0 Å². The molecule has 0 aromatic heterocycles. The summed E-state index contributed by atoms with van der Waals surface area (Å²) in [7, 11) is 0. The number of nitrogens with zero attached hydrogens (tertiary/aromatic N) is 3. The van der Waals surface area contributed by atoms with E-state index < -0.39 is 0 Å². The molecule has 1 fully saturated rings. The predicted octanol–water partition coefficient (Wildman–Crippen LogP) is 3.80. The zero-order valence-corrected chi connectivity index (χ0v) is 14.5. The van der Waals surface area contributed by atoms with Crippen LogP contribution in [-0.2, 0) is 4.79 Å². The molecule has 124 valence electrons. The normalized spacial score (nSPS) is 26.4. The van der Waals surface area contributed by atoms with Crippen LogP contribution in [0.15, 0.2) is 29.4 Å². The molecule has 0 bridgehead atoms. The van der Waals surface area contributed by atoms with Gasteiger partial charge in [0, 0.05) is 13.1 Å². The Balaban J connectivity index is 1.95. The van der Waals surface area contributed by atoms with Gasteiger partial charge in [-0.05, 0) is 37.3 Å². The zero-order chi connectivity index (χ0) is 16.4. The zero-order valence-electron chi connectivity index (χ0n) is 13.8. The van der Waals surface area contributed by atoms with E-state index >= 15 is 0 Å². The Morgan fingerprint density at radius 1 is 1.30 bits per heavy atom. The van der Waals surface area contributed by atoms with E-state index in [1.54, 1.807) is 0 Å². The molecule has 2 atom stereocenters. The SMILES string of the molecule is CCC1=NN(c2ccccc2Cl)C(N2CCC(C)CC2)C1C=O. The lowest BCUT2D eigenvalue weighted by molar-refractivity contribution is -0.110. The van der Waals surface area contributed by atoms with Gasteiger partial charge >= 0.3 is 0 Å². The Labute approximate surface area is 143 Å². The summed E-state index contributed by atoms with van der Waals surface area (Å²) in [5.74, 6) is 0.576. The number of aldehydes is 1. The van der Waals surface area contributed by atoms with Crippen LogP contribution in [0.2, 0.25) is 5.02 Å².